The van der Waals surface area contributed by atoms with E-state index in [1.165, 1.54) is 263 Å². The van der Waals surface area contributed by atoms with Gasteiger partial charge in [-0.25, -0.2) is 0 Å². The maximum atomic E-state index is 12.4. The third-order valence-corrected chi connectivity index (χ3v) is 14.3. The second-order valence-electron chi connectivity index (χ2n) is 21.0. The van der Waals surface area contributed by atoms with Crippen molar-refractivity contribution in [1.29, 1.82) is 0 Å². The second kappa shape index (κ2) is 57.2. The fourth-order valence-corrected chi connectivity index (χ4v) is 9.64. The standard InChI is InChI=1S/C61H119NO5/c1-3-5-7-9-11-13-14-15-16-29-32-35-39-43-47-51-55-61(66)67-56-52-48-44-40-36-33-30-27-25-23-21-19-17-18-20-22-24-26-28-31-34-38-42-46-50-54-60(65)62-58(57-63)59(64)53-49-45-41-37-12-10-8-6-4-2/h16,29,58-59,63-64H,3-15,17-28,30-57H2,1-2H3,(H,62,65)/b29-16-. The van der Waals surface area contributed by atoms with E-state index in [0.717, 1.165) is 44.9 Å². The smallest absolute Gasteiger partial charge is 0.305 e. The van der Waals surface area contributed by atoms with E-state index < -0.39 is 12.1 Å². The van der Waals surface area contributed by atoms with Crippen LogP contribution in [-0.4, -0.2) is 47.4 Å². The highest BCUT2D eigenvalue weighted by molar-refractivity contribution is 5.76. The highest BCUT2D eigenvalue weighted by Crippen LogP contribution is 2.18. The Morgan fingerprint density at radius 3 is 1.06 bits per heavy atom. The van der Waals surface area contributed by atoms with E-state index in [2.05, 4.69) is 31.3 Å². The lowest BCUT2D eigenvalue weighted by molar-refractivity contribution is -0.143. The van der Waals surface area contributed by atoms with E-state index in [9.17, 15) is 19.8 Å². The molecule has 0 aliphatic carbocycles. The molecule has 2 atom stereocenters. The van der Waals surface area contributed by atoms with E-state index in [1.54, 1.807) is 0 Å². The molecule has 0 fully saturated rings. The molecule has 0 aromatic carbocycles. The molecule has 1 amide bonds. The zero-order valence-electron chi connectivity index (χ0n) is 45.4. The Morgan fingerprint density at radius 1 is 0.403 bits per heavy atom. The van der Waals surface area contributed by atoms with Crippen LogP contribution >= 0.6 is 0 Å². The lowest BCUT2D eigenvalue weighted by Gasteiger charge is -2.22. The van der Waals surface area contributed by atoms with Crippen molar-refractivity contribution in [3.63, 3.8) is 0 Å². The zero-order chi connectivity index (χ0) is 48.6. The number of allylic oxidation sites excluding steroid dienone is 2. The molecule has 0 aliphatic rings. The molecule has 0 heterocycles. The number of rotatable bonds is 57. The molecule has 0 rings (SSSR count). The van der Waals surface area contributed by atoms with Gasteiger partial charge in [0.2, 0.25) is 5.91 Å². The molecular weight excluding hydrogens is 827 g/mol. The molecule has 0 radical (unpaired) electrons. The van der Waals surface area contributed by atoms with Crippen LogP contribution in [0.3, 0.4) is 0 Å². The van der Waals surface area contributed by atoms with Crippen LogP contribution in [0.2, 0.25) is 0 Å². The Morgan fingerprint density at radius 2 is 0.701 bits per heavy atom. The molecule has 2 unspecified atom stereocenters. The van der Waals surface area contributed by atoms with Crippen LogP contribution in [-0.2, 0) is 14.3 Å². The number of unbranched alkanes of at least 4 members (excludes halogenated alkanes) is 44. The van der Waals surface area contributed by atoms with Gasteiger partial charge in [-0.1, -0.05) is 289 Å². The topological polar surface area (TPSA) is 95.9 Å². The summed E-state index contributed by atoms with van der Waals surface area (Å²) in [5.74, 6) is -0.0250. The Kier molecular flexibility index (Phi) is 56.0. The summed E-state index contributed by atoms with van der Waals surface area (Å²) < 4.78 is 5.49. The highest BCUT2D eigenvalue weighted by Gasteiger charge is 2.20. The summed E-state index contributed by atoms with van der Waals surface area (Å²) in [6.45, 7) is 4.94. The number of carbonyl (C=O) groups excluding carboxylic acids is 2. The maximum Gasteiger partial charge on any atom is 0.305 e. The van der Waals surface area contributed by atoms with Crippen molar-refractivity contribution in [2.45, 2.75) is 353 Å². The first-order valence-corrected chi connectivity index (χ1v) is 30.4. The first-order chi connectivity index (χ1) is 33.0. The average Bonchev–Trinajstić information content (AvgIpc) is 3.33. The van der Waals surface area contributed by atoms with Crippen LogP contribution in [0.4, 0.5) is 0 Å². The number of hydrogen-bond acceptors (Lipinski definition) is 5. The molecule has 6 heteroatoms. The number of esters is 1. The fourth-order valence-electron chi connectivity index (χ4n) is 9.64. The van der Waals surface area contributed by atoms with Gasteiger partial charge in [-0.3, -0.25) is 9.59 Å². The minimum Gasteiger partial charge on any atom is -0.466 e. The number of nitrogens with one attached hydrogen (secondary N) is 1. The molecule has 0 aromatic rings. The summed E-state index contributed by atoms with van der Waals surface area (Å²) in [4.78, 5) is 24.5. The third-order valence-electron chi connectivity index (χ3n) is 14.3. The predicted molar refractivity (Wildman–Crippen MR) is 292 cm³/mol. The first kappa shape index (κ1) is 65.6. The van der Waals surface area contributed by atoms with Gasteiger partial charge in [0.05, 0.1) is 25.4 Å². The van der Waals surface area contributed by atoms with Gasteiger partial charge in [-0.2, -0.15) is 0 Å². The van der Waals surface area contributed by atoms with Gasteiger partial charge < -0.3 is 20.3 Å². The minimum atomic E-state index is -0.660. The summed E-state index contributed by atoms with van der Waals surface area (Å²) in [5.41, 5.74) is 0. The molecule has 67 heavy (non-hydrogen) atoms. The average molecular weight is 947 g/mol. The Hall–Kier alpha value is -1.40. The van der Waals surface area contributed by atoms with E-state index in [0.29, 0.717) is 25.9 Å². The van der Waals surface area contributed by atoms with Gasteiger partial charge in [-0.15, -0.1) is 0 Å². The Labute approximate surface area is 419 Å². The van der Waals surface area contributed by atoms with Crippen LogP contribution in [0.1, 0.15) is 341 Å². The summed E-state index contributed by atoms with van der Waals surface area (Å²) >= 11 is 0. The van der Waals surface area contributed by atoms with Gasteiger partial charge >= 0.3 is 5.97 Å². The number of hydrogen-bond donors (Lipinski definition) is 3. The van der Waals surface area contributed by atoms with Crippen molar-refractivity contribution >= 4 is 11.9 Å². The van der Waals surface area contributed by atoms with Crippen LogP contribution in [0, 0.1) is 0 Å². The van der Waals surface area contributed by atoms with Gasteiger partial charge in [0.25, 0.3) is 0 Å². The molecular formula is C61H119NO5. The second-order valence-corrected chi connectivity index (χ2v) is 21.0. The molecule has 0 saturated carbocycles. The van der Waals surface area contributed by atoms with Crippen molar-refractivity contribution in [2.24, 2.45) is 0 Å². The number of ether oxygens (including phenoxy) is 1. The van der Waals surface area contributed by atoms with E-state index in [-0.39, 0.29) is 18.5 Å². The molecule has 0 aromatic heterocycles. The normalized spacial score (nSPS) is 12.6. The summed E-state index contributed by atoms with van der Waals surface area (Å²) in [5, 5.41) is 23.1. The number of carbonyl (C=O) groups is 2. The van der Waals surface area contributed by atoms with Crippen molar-refractivity contribution < 1.29 is 24.5 Å². The molecule has 6 nitrogen and oxygen atoms in total. The van der Waals surface area contributed by atoms with Gasteiger partial charge in [0.1, 0.15) is 0 Å². The molecule has 0 bridgehead atoms. The third kappa shape index (κ3) is 53.8. The van der Waals surface area contributed by atoms with Crippen molar-refractivity contribution in [2.75, 3.05) is 13.2 Å². The van der Waals surface area contributed by atoms with E-state index in [1.807, 2.05) is 0 Å². The summed E-state index contributed by atoms with van der Waals surface area (Å²) in [6.07, 6.45) is 68.0. The van der Waals surface area contributed by atoms with Crippen LogP contribution in [0.5, 0.6) is 0 Å². The Bertz CT molecular complexity index is 1000. The van der Waals surface area contributed by atoms with E-state index >= 15 is 0 Å². The van der Waals surface area contributed by atoms with Gasteiger partial charge in [0.15, 0.2) is 0 Å². The monoisotopic (exact) mass is 946 g/mol. The van der Waals surface area contributed by atoms with Gasteiger partial charge in [0, 0.05) is 12.8 Å². The highest BCUT2D eigenvalue weighted by atomic mass is 16.5. The van der Waals surface area contributed by atoms with Crippen molar-refractivity contribution in [3.05, 3.63) is 12.2 Å². The lowest BCUT2D eigenvalue weighted by Crippen LogP contribution is -2.45. The predicted octanol–water partition coefficient (Wildman–Crippen LogP) is 18.9. The van der Waals surface area contributed by atoms with Crippen LogP contribution in [0.25, 0.3) is 0 Å². The first-order valence-electron chi connectivity index (χ1n) is 30.4. The number of aliphatic hydroxyl groups is 2. The summed E-state index contributed by atoms with van der Waals surface area (Å²) in [6, 6.07) is -0.537. The Balaban J connectivity index is 3.32. The van der Waals surface area contributed by atoms with E-state index in [4.69, 9.17) is 4.74 Å². The molecule has 3 N–H and O–H groups in total. The molecule has 0 saturated heterocycles. The van der Waals surface area contributed by atoms with Crippen molar-refractivity contribution in [1.82, 2.24) is 5.32 Å². The van der Waals surface area contributed by atoms with Crippen molar-refractivity contribution in [3.8, 4) is 0 Å². The molecule has 0 spiro atoms. The molecule has 0 aliphatic heterocycles. The zero-order valence-corrected chi connectivity index (χ0v) is 45.4. The fraction of sp³-hybridized carbons (Fsp3) is 0.934. The SMILES string of the molecule is CCCCCCCCC/C=C\CCCCCCCC(=O)OCCCCCCCCCCCCCCCCCCCCCCCCCCCC(=O)NC(CO)C(O)CCCCCCCCCCC. The quantitative estimate of drug-likeness (QED) is 0.0321. The van der Waals surface area contributed by atoms with Crippen LogP contribution < -0.4 is 5.32 Å². The largest absolute Gasteiger partial charge is 0.466 e. The lowest BCUT2D eigenvalue weighted by atomic mass is 10.0. The minimum absolute atomic E-state index is 0.00940. The molecule has 398 valence electrons. The number of amides is 1. The van der Waals surface area contributed by atoms with Crippen LogP contribution in [0.15, 0.2) is 12.2 Å². The maximum absolute atomic E-state index is 12.4. The number of aliphatic hydroxyl groups excluding tert-OH is 2. The summed E-state index contributed by atoms with van der Waals surface area (Å²) in [7, 11) is 0. The van der Waals surface area contributed by atoms with Gasteiger partial charge in [-0.05, 0) is 51.4 Å².